The van der Waals surface area contributed by atoms with Crippen LogP contribution in [-0.4, -0.2) is 37.2 Å². The lowest BCUT2D eigenvalue weighted by Crippen LogP contribution is -2.47. The van der Waals surface area contributed by atoms with Gasteiger partial charge in [0.05, 0.1) is 7.11 Å². The highest BCUT2D eigenvalue weighted by Gasteiger charge is 2.44. The van der Waals surface area contributed by atoms with E-state index in [1.54, 1.807) is 19.9 Å². The molecule has 0 bridgehead atoms. The summed E-state index contributed by atoms with van der Waals surface area (Å²) in [5.74, 6) is -4.73. The Morgan fingerprint density at radius 3 is 2.08 bits per heavy atom. The summed E-state index contributed by atoms with van der Waals surface area (Å²) in [6, 6.07) is 6.07. The summed E-state index contributed by atoms with van der Waals surface area (Å²) >= 11 is 0. The number of nitrogens with one attached hydrogen (secondary N) is 1. The van der Waals surface area contributed by atoms with E-state index in [2.05, 4.69) is 14.8 Å². The Labute approximate surface area is 142 Å². The van der Waals surface area contributed by atoms with Crippen LogP contribution in [0, 0.1) is 5.92 Å². The maximum Gasteiger partial charge on any atom is 0.490 e. The minimum atomic E-state index is -5.26. The van der Waals surface area contributed by atoms with E-state index in [0.717, 1.165) is 7.11 Å². The molecular formula is C16H18F3NO5. The molecule has 9 heteroatoms. The molecule has 2 atom stereocenters. The average molecular weight is 361 g/mol. The predicted molar refractivity (Wildman–Crippen MR) is 80.1 cm³/mol. The first-order valence-electron chi connectivity index (χ1n) is 7.28. The second-order valence-electron chi connectivity index (χ2n) is 5.45. The van der Waals surface area contributed by atoms with E-state index < -0.39 is 42.1 Å². The van der Waals surface area contributed by atoms with Crippen LogP contribution in [0.25, 0.3) is 0 Å². The van der Waals surface area contributed by atoms with Crippen LogP contribution < -0.4 is 5.32 Å². The summed E-state index contributed by atoms with van der Waals surface area (Å²) in [7, 11) is 1.11. The molecule has 0 radical (unpaired) electrons. The minimum Gasteiger partial charge on any atom is -0.467 e. The Kier molecular flexibility index (Phi) is 6.96. The van der Waals surface area contributed by atoms with Crippen molar-refractivity contribution in [2.75, 3.05) is 7.11 Å². The molecule has 0 spiro atoms. The molecule has 138 valence electrons. The van der Waals surface area contributed by atoms with Crippen LogP contribution in [0.15, 0.2) is 30.3 Å². The van der Waals surface area contributed by atoms with Crippen LogP contribution >= 0.6 is 0 Å². The van der Waals surface area contributed by atoms with Crippen molar-refractivity contribution in [3.05, 3.63) is 35.9 Å². The lowest BCUT2D eigenvalue weighted by atomic mass is 10.0. The number of hydrogen-bond donors (Lipinski definition) is 1. The van der Waals surface area contributed by atoms with Crippen LogP contribution in [0.5, 0.6) is 0 Å². The highest BCUT2D eigenvalue weighted by Crippen LogP contribution is 2.24. The Balaban J connectivity index is 3.08. The number of methoxy groups -OCH3 is 1. The van der Waals surface area contributed by atoms with E-state index in [0.29, 0.717) is 0 Å². The molecule has 0 heterocycles. The Bertz CT molecular complexity index is 616. The predicted octanol–water partition coefficient (Wildman–Crippen LogP) is 2.15. The first-order chi connectivity index (χ1) is 11.6. The van der Waals surface area contributed by atoms with E-state index in [9.17, 15) is 27.6 Å². The van der Waals surface area contributed by atoms with E-state index in [1.807, 2.05) is 0 Å². The fourth-order valence-electron chi connectivity index (χ4n) is 1.93. The molecule has 0 saturated carbocycles. The molecule has 0 aromatic heterocycles. The summed E-state index contributed by atoms with van der Waals surface area (Å²) in [5.41, 5.74) is 0.0324. The Morgan fingerprint density at radius 2 is 1.64 bits per heavy atom. The Hall–Kier alpha value is -2.58. The molecule has 1 aromatic rings. The number of benzene rings is 1. The fourth-order valence-corrected chi connectivity index (χ4v) is 1.93. The lowest BCUT2D eigenvalue weighted by molar-refractivity contribution is -0.205. The van der Waals surface area contributed by atoms with Gasteiger partial charge in [-0.25, -0.2) is 9.59 Å². The van der Waals surface area contributed by atoms with Crippen molar-refractivity contribution in [1.29, 1.82) is 0 Å². The number of ether oxygens (including phenoxy) is 2. The summed E-state index contributed by atoms with van der Waals surface area (Å²) < 4.78 is 46.3. The van der Waals surface area contributed by atoms with Gasteiger partial charge >= 0.3 is 18.1 Å². The van der Waals surface area contributed by atoms with Crippen molar-refractivity contribution < 1.29 is 37.0 Å². The number of hydrogen-bond acceptors (Lipinski definition) is 5. The normalized spacial score (nSPS) is 13.7. The molecule has 1 amide bonds. The van der Waals surface area contributed by atoms with Gasteiger partial charge in [-0.15, -0.1) is 0 Å². The van der Waals surface area contributed by atoms with Gasteiger partial charge in [-0.3, -0.25) is 4.79 Å². The van der Waals surface area contributed by atoms with Crippen molar-refractivity contribution in [2.45, 2.75) is 32.2 Å². The van der Waals surface area contributed by atoms with Gasteiger partial charge in [-0.05, 0) is 5.92 Å². The summed E-state index contributed by atoms with van der Waals surface area (Å²) in [6.45, 7) is 3.22. The van der Waals surface area contributed by atoms with E-state index in [1.165, 1.54) is 24.3 Å². The first kappa shape index (κ1) is 20.5. The Morgan fingerprint density at radius 1 is 1.08 bits per heavy atom. The topological polar surface area (TPSA) is 81.7 Å². The molecule has 0 unspecified atom stereocenters. The highest BCUT2D eigenvalue weighted by atomic mass is 19.4. The third kappa shape index (κ3) is 5.77. The number of carbonyl (C=O) groups is 3. The van der Waals surface area contributed by atoms with Gasteiger partial charge in [0.2, 0.25) is 6.10 Å². The molecule has 0 aliphatic rings. The molecule has 1 aromatic carbocycles. The van der Waals surface area contributed by atoms with Gasteiger partial charge in [0.1, 0.15) is 6.04 Å². The van der Waals surface area contributed by atoms with E-state index in [-0.39, 0.29) is 5.56 Å². The van der Waals surface area contributed by atoms with Crippen molar-refractivity contribution in [1.82, 2.24) is 5.32 Å². The van der Waals surface area contributed by atoms with Crippen LogP contribution in [-0.2, 0) is 23.9 Å². The van der Waals surface area contributed by atoms with Crippen LogP contribution in [0.1, 0.15) is 25.5 Å². The largest absolute Gasteiger partial charge is 0.490 e. The molecule has 1 rings (SSSR count). The van der Waals surface area contributed by atoms with Crippen molar-refractivity contribution in [3.8, 4) is 0 Å². The van der Waals surface area contributed by atoms with Gasteiger partial charge in [-0.2, -0.15) is 13.2 Å². The molecule has 0 fully saturated rings. The van der Waals surface area contributed by atoms with Crippen LogP contribution in [0.2, 0.25) is 0 Å². The number of rotatable bonds is 6. The smallest absolute Gasteiger partial charge is 0.467 e. The first-order valence-corrected chi connectivity index (χ1v) is 7.28. The zero-order valence-corrected chi connectivity index (χ0v) is 13.8. The third-order valence-corrected chi connectivity index (χ3v) is 3.22. The average Bonchev–Trinajstić information content (AvgIpc) is 2.55. The quantitative estimate of drug-likeness (QED) is 0.785. The molecule has 6 nitrogen and oxygen atoms in total. The maximum atomic E-state index is 12.5. The number of carbonyl (C=O) groups excluding carboxylic acids is 3. The summed E-state index contributed by atoms with van der Waals surface area (Å²) in [4.78, 5) is 35.2. The van der Waals surface area contributed by atoms with Crippen molar-refractivity contribution >= 4 is 17.8 Å². The second kappa shape index (κ2) is 8.50. The number of alkyl halides is 3. The monoisotopic (exact) mass is 361 g/mol. The highest BCUT2D eigenvalue weighted by molar-refractivity contribution is 5.89. The van der Waals surface area contributed by atoms with Gasteiger partial charge in [-0.1, -0.05) is 44.2 Å². The van der Waals surface area contributed by atoms with E-state index >= 15 is 0 Å². The molecule has 0 aliphatic carbocycles. The van der Waals surface area contributed by atoms with Crippen LogP contribution in [0.4, 0.5) is 13.2 Å². The number of halogens is 3. The van der Waals surface area contributed by atoms with Gasteiger partial charge in [0.15, 0.2) is 0 Å². The standard InChI is InChI=1S/C16H18F3NO5/c1-9(2)11(14(22)24-3)20-13(21)12(10-7-5-4-6-8-10)25-15(23)16(17,18)19/h4-9,11-12H,1-3H3,(H,20,21)/t11-,12-/m0/s1. The third-order valence-electron chi connectivity index (χ3n) is 3.22. The second-order valence-corrected chi connectivity index (χ2v) is 5.45. The van der Waals surface area contributed by atoms with Crippen molar-refractivity contribution in [2.24, 2.45) is 5.92 Å². The van der Waals surface area contributed by atoms with Crippen molar-refractivity contribution in [3.63, 3.8) is 0 Å². The van der Waals surface area contributed by atoms with Gasteiger partial charge in [0, 0.05) is 5.56 Å². The van der Waals surface area contributed by atoms with Crippen LogP contribution in [0.3, 0.4) is 0 Å². The zero-order chi connectivity index (χ0) is 19.2. The number of esters is 2. The molecular weight excluding hydrogens is 343 g/mol. The SMILES string of the molecule is COC(=O)[C@@H](NC(=O)[C@@H](OC(=O)C(F)(F)F)c1ccccc1)C(C)C. The molecule has 0 saturated heterocycles. The number of amides is 1. The maximum absolute atomic E-state index is 12.5. The zero-order valence-electron chi connectivity index (χ0n) is 13.8. The molecule has 0 aliphatic heterocycles. The lowest BCUT2D eigenvalue weighted by Gasteiger charge is -2.24. The van der Waals surface area contributed by atoms with E-state index in [4.69, 9.17) is 0 Å². The fraction of sp³-hybridized carbons (Fsp3) is 0.438. The van der Waals surface area contributed by atoms with Gasteiger partial charge < -0.3 is 14.8 Å². The molecule has 25 heavy (non-hydrogen) atoms. The minimum absolute atomic E-state index is 0.0324. The van der Waals surface area contributed by atoms with Gasteiger partial charge in [0.25, 0.3) is 5.91 Å². The summed E-state index contributed by atoms with van der Waals surface area (Å²) in [6.07, 6.45) is -7.12. The molecule has 1 N–H and O–H groups in total. The summed E-state index contributed by atoms with van der Waals surface area (Å²) in [5, 5.41) is 2.26.